The van der Waals surface area contributed by atoms with Gasteiger partial charge in [-0.2, -0.15) is 0 Å². The summed E-state index contributed by atoms with van der Waals surface area (Å²) < 4.78 is 0. The van der Waals surface area contributed by atoms with Crippen LogP contribution in [0.5, 0.6) is 0 Å². The monoisotopic (exact) mass is 158 g/mol. The van der Waals surface area contributed by atoms with E-state index in [1.54, 1.807) is 12.2 Å². The fraction of sp³-hybridized carbons (Fsp3) is 0.571. The van der Waals surface area contributed by atoms with Gasteiger partial charge in [0.2, 0.25) is 0 Å². The first-order valence-corrected chi connectivity index (χ1v) is 3.38. The molecule has 0 amide bonds. The Bertz CT molecular complexity index is 164. The van der Waals surface area contributed by atoms with Crippen molar-refractivity contribution in [3.63, 3.8) is 0 Å². The zero-order chi connectivity index (χ0) is 8.91. The number of nitrogens with two attached hydrogens (primary N) is 2. The lowest BCUT2D eigenvalue weighted by Gasteiger charge is -2.15. The number of rotatable bonds is 4. The van der Waals surface area contributed by atoms with Crippen molar-refractivity contribution in [1.29, 1.82) is 0 Å². The summed E-state index contributed by atoms with van der Waals surface area (Å²) >= 11 is 0. The molecular weight excluding hydrogens is 144 g/mol. The maximum Gasteiger partial charge on any atom is 0.323 e. The molecule has 0 aliphatic rings. The molecule has 5 N–H and O–H groups in total. The topological polar surface area (TPSA) is 89.3 Å². The Kier molecular flexibility index (Phi) is 3.78. The molecule has 1 atom stereocenters. The minimum atomic E-state index is -1.17. The van der Waals surface area contributed by atoms with Crippen molar-refractivity contribution in [1.82, 2.24) is 0 Å². The van der Waals surface area contributed by atoms with Gasteiger partial charge >= 0.3 is 5.97 Å². The van der Waals surface area contributed by atoms with Gasteiger partial charge in [-0.05, 0) is 13.3 Å². The minimum absolute atomic E-state index is 0.305. The SMILES string of the molecule is C[C@@](N)(C/C=C/CN)C(=O)O. The molecular formula is C7H14N2O2. The summed E-state index contributed by atoms with van der Waals surface area (Å²) in [4.78, 5) is 10.4. The molecule has 0 aromatic heterocycles. The third-order valence-corrected chi connectivity index (χ3v) is 1.33. The zero-order valence-corrected chi connectivity index (χ0v) is 6.58. The Morgan fingerprint density at radius 1 is 1.64 bits per heavy atom. The van der Waals surface area contributed by atoms with Crippen LogP contribution < -0.4 is 11.5 Å². The molecule has 0 aromatic carbocycles. The standard InChI is InChI=1S/C7H14N2O2/c1-7(9,6(10)11)4-2-3-5-8/h2-3H,4-5,8-9H2,1H3,(H,10,11)/b3-2+/t7-/m1/s1. The Labute approximate surface area is 65.9 Å². The second kappa shape index (κ2) is 4.10. The molecule has 0 bridgehead atoms. The third-order valence-electron chi connectivity index (χ3n) is 1.33. The molecule has 0 aliphatic heterocycles. The number of hydrogen-bond acceptors (Lipinski definition) is 3. The molecule has 0 aliphatic carbocycles. The highest BCUT2D eigenvalue weighted by molar-refractivity contribution is 5.78. The molecule has 0 unspecified atom stereocenters. The number of carboxylic acids is 1. The first-order chi connectivity index (χ1) is 5.00. The lowest BCUT2D eigenvalue weighted by atomic mass is 10.00. The van der Waals surface area contributed by atoms with Crippen molar-refractivity contribution in [3.8, 4) is 0 Å². The lowest BCUT2D eigenvalue weighted by molar-refractivity contribution is -0.142. The highest BCUT2D eigenvalue weighted by atomic mass is 16.4. The second-order valence-corrected chi connectivity index (χ2v) is 2.63. The van der Waals surface area contributed by atoms with Gasteiger partial charge in [-0.25, -0.2) is 0 Å². The third kappa shape index (κ3) is 3.75. The molecule has 4 heteroatoms. The summed E-state index contributed by atoms with van der Waals surface area (Å²) in [5.41, 5.74) is 9.39. The molecule has 0 heterocycles. The molecule has 64 valence electrons. The fourth-order valence-corrected chi connectivity index (χ4v) is 0.512. The highest BCUT2D eigenvalue weighted by Gasteiger charge is 2.25. The van der Waals surface area contributed by atoms with Crippen LogP contribution >= 0.6 is 0 Å². The van der Waals surface area contributed by atoms with Crippen LogP contribution in [-0.2, 0) is 4.79 Å². The van der Waals surface area contributed by atoms with Crippen LogP contribution in [0.4, 0.5) is 0 Å². The van der Waals surface area contributed by atoms with Crippen molar-refractivity contribution in [2.24, 2.45) is 11.5 Å². The van der Waals surface area contributed by atoms with E-state index in [4.69, 9.17) is 16.6 Å². The first-order valence-electron chi connectivity index (χ1n) is 3.38. The van der Waals surface area contributed by atoms with Crippen molar-refractivity contribution < 1.29 is 9.90 Å². The van der Waals surface area contributed by atoms with E-state index in [-0.39, 0.29) is 0 Å². The number of carboxylic acid groups (broad SMARTS) is 1. The summed E-state index contributed by atoms with van der Waals surface area (Å²) in [7, 11) is 0. The number of aliphatic carboxylic acids is 1. The van der Waals surface area contributed by atoms with E-state index >= 15 is 0 Å². The normalized spacial score (nSPS) is 16.6. The predicted octanol–water partition coefficient (Wildman–Crippen LogP) is -0.307. The van der Waals surface area contributed by atoms with Gasteiger partial charge in [0.05, 0.1) is 0 Å². The Hall–Kier alpha value is -0.870. The van der Waals surface area contributed by atoms with Crippen molar-refractivity contribution in [3.05, 3.63) is 12.2 Å². The molecule has 0 aromatic rings. The fourth-order valence-electron chi connectivity index (χ4n) is 0.512. The van der Waals surface area contributed by atoms with Gasteiger partial charge in [0.15, 0.2) is 0 Å². The van der Waals surface area contributed by atoms with Gasteiger partial charge < -0.3 is 16.6 Å². The maximum absolute atomic E-state index is 10.4. The van der Waals surface area contributed by atoms with Crippen LogP contribution in [0.3, 0.4) is 0 Å². The average Bonchev–Trinajstić information content (AvgIpc) is 1.88. The number of hydrogen-bond donors (Lipinski definition) is 3. The molecule has 4 nitrogen and oxygen atoms in total. The van der Waals surface area contributed by atoms with E-state index in [9.17, 15) is 4.79 Å². The summed E-state index contributed by atoms with van der Waals surface area (Å²) in [6.45, 7) is 1.88. The molecule has 0 rings (SSSR count). The van der Waals surface area contributed by atoms with E-state index in [0.29, 0.717) is 13.0 Å². The van der Waals surface area contributed by atoms with E-state index in [1.807, 2.05) is 0 Å². The highest BCUT2D eigenvalue weighted by Crippen LogP contribution is 2.05. The molecule has 0 spiro atoms. The van der Waals surface area contributed by atoms with Gasteiger partial charge in [0, 0.05) is 6.54 Å². The Morgan fingerprint density at radius 2 is 2.18 bits per heavy atom. The molecule has 0 saturated heterocycles. The average molecular weight is 158 g/mol. The van der Waals surface area contributed by atoms with Crippen molar-refractivity contribution in [2.45, 2.75) is 18.9 Å². The van der Waals surface area contributed by atoms with Crippen LogP contribution in [0.1, 0.15) is 13.3 Å². The Balaban J connectivity index is 3.92. The van der Waals surface area contributed by atoms with Gasteiger partial charge in [0.25, 0.3) is 0 Å². The second-order valence-electron chi connectivity index (χ2n) is 2.63. The summed E-state index contributed by atoms with van der Waals surface area (Å²) in [6.07, 6.45) is 3.67. The van der Waals surface area contributed by atoms with Crippen LogP contribution in [0.15, 0.2) is 12.2 Å². The quantitative estimate of drug-likeness (QED) is 0.490. The van der Waals surface area contributed by atoms with Crippen molar-refractivity contribution >= 4 is 5.97 Å². The van der Waals surface area contributed by atoms with Gasteiger partial charge in [0.1, 0.15) is 5.54 Å². The smallest absolute Gasteiger partial charge is 0.323 e. The first kappa shape index (κ1) is 10.1. The van der Waals surface area contributed by atoms with Crippen LogP contribution in [-0.4, -0.2) is 23.2 Å². The van der Waals surface area contributed by atoms with Crippen LogP contribution in [0.2, 0.25) is 0 Å². The van der Waals surface area contributed by atoms with Gasteiger partial charge in [-0.3, -0.25) is 4.79 Å². The number of carbonyl (C=O) groups is 1. The van der Waals surface area contributed by atoms with E-state index in [0.717, 1.165) is 0 Å². The maximum atomic E-state index is 10.4. The van der Waals surface area contributed by atoms with Crippen molar-refractivity contribution in [2.75, 3.05) is 6.54 Å². The molecule has 0 radical (unpaired) electrons. The van der Waals surface area contributed by atoms with Crippen LogP contribution in [0, 0.1) is 0 Å². The van der Waals surface area contributed by atoms with Gasteiger partial charge in [-0.1, -0.05) is 12.2 Å². The predicted molar refractivity (Wildman–Crippen MR) is 43.0 cm³/mol. The Morgan fingerprint density at radius 3 is 2.55 bits per heavy atom. The summed E-state index contributed by atoms with van der Waals surface area (Å²) in [5, 5.41) is 8.55. The molecule has 0 saturated carbocycles. The summed E-state index contributed by atoms with van der Waals surface area (Å²) in [6, 6.07) is 0. The largest absolute Gasteiger partial charge is 0.480 e. The minimum Gasteiger partial charge on any atom is -0.480 e. The van der Waals surface area contributed by atoms with E-state index in [2.05, 4.69) is 0 Å². The van der Waals surface area contributed by atoms with Crippen LogP contribution in [0.25, 0.3) is 0 Å². The summed E-state index contributed by atoms with van der Waals surface area (Å²) in [5.74, 6) is -1.00. The zero-order valence-electron chi connectivity index (χ0n) is 6.58. The van der Waals surface area contributed by atoms with Gasteiger partial charge in [-0.15, -0.1) is 0 Å². The van der Waals surface area contributed by atoms with E-state index in [1.165, 1.54) is 6.92 Å². The lowest BCUT2D eigenvalue weighted by Crippen LogP contribution is -2.44. The molecule has 11 heavy (non-hydrogen) atoms. The molecule has 0 fully saturated rings. The van der Waals surface area contributed by atoms with E-state index < -0.39 is 11.5 Å².